The minimum absolute atomic E-state index is 0.0639. The molecule has 0 bridgehead atoms. The lowest BCUT2D eigenvalue weighted by molar-refractivity contribution is -0.274. The van der Waals surface area contributed by atoms with Crippen LogP contribution in [0.25, 0.3) is 0 Å². The van der Waals surface area contributed by atoms with Gasteiger partial charge in [-0.1, -0.05) is 0 Å². The number of nitrogens with zero attached hydrogens (tertiary/aromatic N) is 1. The van der Waals surface area contributed by atoms with E-state index in [2.05, 4.69) is 10.1 Å². The van der Waals surface area contributed by atoms with Gasteiger partial charge >= 0.3 is 12.5 Å². The Bertz CT molecular complexity index is 567. The Morgan fingerprint density at radius 2 is 1.83 bits per heavy atom. The zero-order valence-corrected chi connectivity index (χ0v) is 13.8. The molecule has 1 amide bonds. The van der Waals surface area contributed by atoms with E-state index in [0.717, 1.165) is 12.1 Å². The summed E-state index contributed by atoms with van der Waals surface area (Å²) in [6.45, 7) is 6.63. The highest BCUT2D eigenvalue weighted by Crippen LogP contribution is 2.27. The summed E-state index contributed by atoms with van der Waals surface area (Å²) >= 11 is 0. The Hall–Kier alpha value is -2.12. The van der Waals surface area contributed by atoms with Crippen LogP contribution in [0.5, 0.6) is 5.75 Å². The number of hydrogen-bond acceptors (Lipinski definition) is 4. The van der Waals surface area contributed by atoms with Crippen molar-refractivity contribution in [1.82, 2.24) is 5.32 Å². The molecule has 2 rings (SSSR count). The molecule has 1 fully saturated rings. The van der Waals surface area contributed by atoms with E-state index in [4.69, 9.17) is 4.74 Å². The van der Waals surface area contributed by atoms with Crippen molar-refractivity contribution < 1.29 is 27.4 Å². The van der Waals surface area contributed by atoms with Crippen molar-refractivity contribution in [2.45, 2.75) is 45.2 Å². The van der Waals surface area contributed by atoms with Crippen molar-refractivity contribution in [2.24, 2.45) is 0 Å². The van der Waals surface area contributed by atoms with Crippen molar-refractivity contribution in [1.29, 1.82) is 0 Å². The molecule has 1 heterocycles. The number of anilines is 1. The van der Waals surface area contributed by atoms with Gasteiger partial charge in [-0.05, 0) is 51.5 Å². The summed E-state index contributed by atoms with van der Waals surface area (Å²) in [5, 5.41) is 2.80. The maximum atomic E-state index is 12.1. The highest BCUT2D eigenvalue weighted by Gasteiger charge is 2.31. The highest BCUT2D eigenvalue weighted by molar-refractivity contribution is 5.68. The molecule has 1 aliphatic rings. The second-order valence-electron chi connectivity index (χ2n) is 6.62. The van der Waals surface area contributed by atoms with Crippen LogP contribution in [0, 0.1) is 0 Å². The number of alkyl halides is 3. The highest BCUT2D eigenvalue weighted by atomic mass is 19.4. The molecule has 1 N–H and O–H groups in total. The summed E-state index contributed by atoms with van der Waals surface area (Å²) in [6.07, 6.45) is -4.43. The summed E-state index contributed by atoms with van der Waals surface area (Å²) in [5.41, 5.74) is 0.217. The molecular formula is C16H21F3N2O3. The van der Waals surface area contributed by atoms with E-state index in [1.54, 1.807) is 32.9 Å². The lowest BCUT2D eigenvalue weighted by Gasteiger charge is -2.22. The normalized spacial score (nSPS) is 18.4. The summed E-state index contributed by atoms with van der Waals surface area (Å²) < 4.78 is 45.5. The first kappa shape index (κ1) is 18.2. The number of halogens is 3. The number of carbonyl (C=O) groups excluding carboxylic acids is 1. The number of carbonyl (C=O) groups is 1. The molecule has 8 heteroatoms. The predicted molar refractivity (Wildman–Crippen MR) is 83.1 cm³/mol. The molecule has 134 valence electrons. The van der Waals surface area contributed by atoms with Crippen LogP contribution >= 0.6 is 0 Å². The molecule has 0 spiro atoms. The molecule has 1 aromatic rings. The molecule has 0 radical (unpaired) electrons. The first-order valence-electron chi connectivity index (χ1n) is 7.62. The van der Waals surface area contributed by atoms with Gasteiger partial charge in [0, 0.05) is 18.8 Å². The standard InChI is InChI=1S/C16H21F3N2O3/c1-15(2,3)24-14(22)20-11-8-9-21(10-11)12-4-6-13(7-5-12)23-16(17,18)19/h4-7,11H,8-10H2,1-3H3,(H,20,22). The molecule has 0 aromatic heterocycles. The third-order valence-electron chi connectivity index (χ3n) is 3.34. The third kappa shape index (κ3) is 5.82. The summed E-state index contributed by atoms with van der Waals surface area (Å²) in [7, 11) is 0. The summed E-state index contributed by atoms with van der Waals surface area (Å²) in [6, 6.07) is 5.62. The topological polar surface area (TPSA) is 50.8 Å². The number of amides is 1. The van der Waals surface area contributed by atoms with Gasteiger partial charge in [0.1, 0.15) is 11.4 Å². The van der Waals surface area contributed by atoms with Gasteiger partial charge in [0.15, 0.2) is 0 Å². The first-order chi connectivity index (χ1) is 11.0. The van der Waals surface area contributed by atoms with Crippen molar-refractivity contribution in [3.63, 3.8) is 0 Å². The molecule has 1 atom stereocenters. The lowest BCUT2D eigenvalue weighted by Crippen LogP contribution is -2.40. The number of benzene rings is 1. The van der Waals surface area contributed by atoms with E-state index >= 15 is 0 Å². The number of rotatable bonds is 3. The Balaban J connectivity index is 1.88. The van der Waals surface area contributed by atoms with E-state index in [1.807, 2.05) is 4.90 Å². The Morgan fingerprint density at radius 3 is 2.38 bits per heavy atom. The molecule has 5 nitrogen and oxygen atoms in total. The van der Waals surface area contributed by atoms with Crippen molar-refractivity contribution >= 4 is 11.8 Å². The molecule has 1 aromatic carbocycles. The lowest BCUT2D eigenvalue weighted by atomic mass is 10.2. The molecule has 1 saturated heterocycles. The third-order valence-corrected chi connectivity index (χ3v) is 3.34. The second-order valence-corrected chi connectivity index (χ2v) is 6.62. The van der Waals surface area contributed by atoms with E-state index < -0.39 is 18.1 Å². The van der Waals surface area contributed by atoms with Gasteiger partial charge < -0.3 is 19.7 Å². The second kappa shape index (κ2) is 6.78. The van der Waals surface area contributed by atoms with E-state index in [9.17, 15) is 18.0 Å². The van der Waals surface area contributed by atoms with Crippen LogP contribution in [0.4, 0.5) is 23.7 Å². The monoisotopic (exact) mass is 346 g/mol. The van der Waals surface area contributed by atoms with Gasteiger partial charge in [0.05, 0.1) is 6.04 Å². The van der Waals surface area contributed by atoms with Crippen LogP contribution in [-0.2, 0) is 4.74 Å². The van der Waals surface area contributed by atoms with Crippen molar-refractivity contribution in [3.8, 4) is 5.75 Å². The van der Waals surface area contributed by atoms with Crippen LogP contribution in [-0.4, -0.2) is 37.2 Å². The van der Waals surface area contributed by atoms with E-state index in [1.165, 1.54) is 12.1 Å². The molecule has 0 saturated carbocycles. The smallest absolute Gasteiger partial charge is 0.444 e. The molecule has 24 heavy (non-hydrogen) atoms. The van der Waals surface area contributed by atoms with Gasteiger partial charge in [-0.15, -0.1) is 13.2 Å². The van der Waals surface area contributed by atoms with Crippen molar-refractivity contribution in [3.05, 3.63) is 24.3 Å². The molecular weight excluding hydrogens is 325 g/mol. The van der Waals surface area contributed by atoms with Gasteiger partial charge in [0.25, 0.3) is 0 Å². The fourth-order valence-electron chi connectivity index (χ4n) is 2.45. The van der Waals surface area contributed by atoms with E-state index in [0.29, 0.717) is 13.1 Å². The minimum atomic E-state index is -4.70. The zero-order valence-electron chi connectivity index (χ0n) is 13.8. The average molecular weight is 346 g/mol. The van der Waals surface area contributed by atoms with Gasteiger partial charge in [0.2, 0.25) is 0 Å². The summed E-state index contributed by atoms with van der Waals surface area (Å²) in [5.74, 6) is -0.256. The van der Waals surface area contributed by atoms with Gasteiger partial charge in [-0.2, -0.15) is 0 Å². The van der Waals surface area contributed by atoms with Crippen LogP contribution in [0.2, 0.25) is 0 Å². The first-order valence-corrected chi connectivity index (χ1v) is 7.62. The van der Waals surface area contributed by atoms with Gasteiger partial charge in [-0.25, -0.2) is 4.79 Å². The SMILES string of the molecule is CC(C)(C)OC(=O)NC1CCN(c2ccc(OC(F)(F)F)cc2)C1. The Morgan fingerprint density at radius 1 is 1.21 bits per heavy atom. The predicted octanol–water partition coefficient (Wildman–Crippen LogP) is 3.69. The quantitative estimate of drug-likeness (QED) is 0.907. The Kier molecular flexibility index (Phi) is 5.15. The van der Waals surface area contributed by atoms with Crippen LogP contribution in [0.3, 0.4) is 0 Å². The van der Waals surface area contributed by atoms with Crippen molar-refractivity contribution in [2.75, 3.05) is 18.0 Å². The van der Waals surface area contributed by atoms with Crippen LogP contribution < -0.4 is 15.0 Å². The number of nitrogens with one attached hydrogen (secondary N) is 1. The fraction of sp³-hybridized carbons (Fsp3) is 0.562. The molecule has 1 aliphatic heterocycles. The zero-order chi connectivity index (χ0) is 18.0. The maximum absolute atomic E-state index is 12.1. The maximum Gasteiger partial charge on any atom is 0.573 e. The fourth-order valence-corrected chi connectivity index (χ4v) is 2.45. The van der Waals surface area contributed by atoms with Gasteiger partial charge in [-0.3, -0.25) is 0 Å². The largest absolute Gasteiger partial charge is 0.573 e. The average Bonchev–Trinajstić information content (AvgIpc) is 2.83. The minimum Gasteiger partial charge on any atom is -0.444 e. The van der Waals surface area contributed by atoms with Crippen LogP contribution in [0.1, 0.15) is 27.2 Å². The summed E-state index contributed by atoms with van der Waals surface area (Å²) in [4.78, 5) is 13.7. The van der Waals surface area contributed by atoms with Crippen LogP contribution in [0.15, 0.2) is 24.3 Å². The number of alkyl carbamates (subject to hydrolysis) is 1. The number of ether oxygens (including phenoxy) is 2. The molecule has 1 unspecified atom stereocenters. The Labute approximate surface area is 138 Å². The van der Waals surface area contributed by atoms with E-state index in [-0.39, 0.29) is 11.8 Å². The molecule has 0 aliphatic carbocycles. The number of hydrogen-bond donors (Lipinski definition) is 1.